The van der Waals surface area contributed by atoms with Crippen LogP contribution in [0.3, 0.4) is 0 Å². The number of carboxylic acid groups (broad SMARTS) is 2. The molecule has 370 valence electrons. The Bertz CT molecular complexity index is 1980. The molecule has 0 aromatic heterocycles. The molecule has 4 N–H and O–H groups in total. The van der Waals surface area contributed by atoms with Gasteiger partial charge in [-0.1, -0.05) is 143 Å². The van der Waals surface area contributed by atoms with Crippen molar-refractivity contribution in [2.24, 2.45) is 9.98 Å². The zero-order valence-corrected chi connectivity index (χ0v) is 42.5. The van der Waals surface area contributed by atoms with Crippen molar-refractivity contribution >= 4 is 34.7 Å². The van der Waals surface area contributed by atoms with Crippen molar-refractivity contribution < 1.29 is 56.7 Å². The number of unbranched alkanes of at least 4 members (excludes halogenated alkanes) is 4. The zero-order chi connectivity index (χ0) is 49.0. The summed E-state index contributed by atoms with van der Waals surface area (Å²) in [4.78, 5) is 32.4. The fourth-order valence-corrected chi connectivity index (χ4v) is 7.72. The largest absolute Gasteiger partial charge is 2.00 e. The van der Waals surface area contributed by atoms with E-state index in [1.165, 1.54) is 96.5 Å². The molecule has 0 amide bonds. The SMILES string of the molecule is CCCCC(=Nc1cc(CCC)cc(CCC)c1)C(CCCC)=Nc1cc(CCC)cc(CCC)c1.CCCCc1ccc(O)c([O-])c1C(=O)O.CCCCc1ccc(O)c([O-])c1C(=O)O.[Ni+2]. The number of phenolic OH excluding ortho intramolecular Hbond substituents is 2. The maximum absolute atomic E-state index is 11.4. The average molecular weight is 966 g/mol. The van der Waals surface area contributed by atoms with Gasteiger partial charge in [0.2, 0.25) is 0 Å². The van der Waals surface area contributed by atoms with Gasteiger partial charge in [-0.15, -0.1) is 0 Å². The summed E-state index contributed by atoms with van der Waals surface area (Å²) in [7, 11) is 0. The van der Waals surface area contributed by atoms with Gasteiger partial charge in [-0.2, -0.15) is 0 Å². The Morgan fingerprint density at radius 2 is 0.746 bits per heavy atom. The van der Waals surface area contributed by atoms with Gasteiger partial charge in [-0.05, 0) is 147 Å². The van der Waals surface area contributed by atoms with Crippen molar-refractivity contribution in [3.8, 4) is 23.0 Å². The quantitative estimate of drug-likeness (QED) is 0.0373. The first-order chi connectivity index (χ1) is 31.7. The minimum atomic E-state index is -1.28. The number of aliphatic imine (C=N–C) groups is 2. The normalized spacial score (nSPS) is 11.2. The van der Waals surface area contributed by atoms with E-state index in [2.05, 4.69) is 77.9 Å². The fraction of sp³-hybridized carbons (Fsp3) is 0.500. The van der Waals surface area contributed by atoms with E-state index in [-0.39, 0.29) is 27.6 Å². The van der Waals surface area contributed by atoms with Crippen LogP contribution < -0.4 is 10.2 Å². The molecule has 67 heavy (non-hydrogen) atoms. The Hall–Kier alpha value is -5.15. The molecule has 10 nitrogen and oxygen atoms in total. The second-order valence-corrected chi connectivity index (χ2v) is 17.1. The van der Waals surface area contributed by atoms with Gasteiger partial charge in [0, 0.05) is 0 Å². The van der Waals surface area contributed by atoms with Crippen LogP contribution in [0.25, 0.3) is 0 Å². The summed E-state index contributed by atoms with van der Waals surface area (Å²) < 4.78 is 0. The van der Waals surface area contributed by atoms with Crippen molar-refractivity contribution in [1.29, 1.82) is 0 Å². The summed E-state index contributed by atoms with van der Waals surface area (Å²) in [5.74, 6) is -5.16. The van der Waals surface area contributed by atoms with Crippen LogP contribution in [0.1, 0.15) is 199 Å². The molecule has 0 spiro atoms. The van der Waals surface area contributed by atoms with Crippen molar-refractivity contribution in [2.45, 2.75) is 184 Å². The Morgan fingerprint density at radius 3 is 1.00 bits per heavy atom. The van der Waals surface area contributed by atoms with Gasteiger partial charge in [0.15, 0.2) is 0 Å². The molecular weight excluding hydrogens is 887 g/mol. The molecule has 0 bridgehead atoms. The van der Waals surface area contributed by atoms with E-state index in [0.29, 0.717) is 24.0 Å². The number of aromatic hydroxyl groups is 2. The van der Waals surface area contributed by atoms with Crippen LogP contribution >= 0.6 is 0 Å². The Kier molecular flexibility index (Phi) is 29.8. The van der Waals surface area contributed by atoms with Crippen LogP contribution in [0.2, 0.25) is 0 Å². The van der Waals surface area contributed by atoms with E-state index in [4.69, 9.17) is 30.4 Å². The summed E-state index contributed by atoms with van der Waals surface area (Å²) in [6.07, 6.45) is 20.4. The third-order valence-electron chi connectivity index (χ3n) is 11.1. The maximum Gasteiger partial charge on any atom is 2.00 e. The monoisotopic (exact) mass is 965 g/mol. The van der Waals surface area contributed by atoms with Gasteiger partial charge < -0.3 is 30.6 Å². The van der Waals surface area contributed by atoms with E-state index in [0.717, 1.165) is 88.4 Å². The molecule has 0 heterocycles. The van der Waals surface area contributed by atoms with Crippen molar-refractivity contribution in [1.82, 2.24) is 0 Å². The zero-order valence-electron chi connectivity index (χ0n) is 41.5. The van der Waals surface area contributed by atoms with Crippen LogP contribution in [0.15, 0.2) is 70.6 Å². The van der Waals surface area contributed by atoms with E-state index in [9.17, 15) is 19.8 Å². The first kappa shape index (κ1) is 59.9. The van der Waals surface area contributed by atoms with Crippen LogP contribution in [0.4, 0.5) is 11.4 Å². The van der Waals surface area contributed by atoms with Gasteiger partial charge >= 0.3 is 28.4 Å². The average Bonchev–Trinajstić information content (AvgIpc) is 3.28. The van der Waals surface area contributed by atoms with E-state index >= 15 is 0 Å². The molecule has 0 atom stereocenters. The predicted molar refractivity (Wildman–Crippen MR) is 268 cm³/mol. The number of rotatable bonds is 25. The van der Waals surface area contributed by atoms with Crippen molar-refractivity contribution in [2.75, 3.05) is 0 Å². The van der Waals surface area contributed by atoms with Gasteiger partial charge in [0.25, 0.3) is 0 Å². The topological polar surface area (TPSA) is 186 Å². The number of carboxylic acids is 2. The molecule has 4 rings (SSSR count). The van der Waals surface area contributed by atoms with Gasteiger partial charge in [-0.25, -0.2) is 9.59 Å². The molecule has 0 aliphatic rings. The van der Waals surface area contributed by atoms with Crippen LogP contribution in [-0.2, 0) is 55.0 Å². The summed E-state index contributed by atoms with van der Waals surface area (Å²) in [5.41, 5.74) is 10.7. The number of hydrogen-bond acceptors (Lipinski definition) is 8. The molecular formula is C56H78N2NiO8. The minimum Gasteiger partial charge on any atom is -0.869 e. The number of phenols is 2. The summed E-state index contributed by atoms with van der Waals surface area (Å²) in [6.45, 7) is 17.6. The molecule has 4 aromatic carbocycles. The maximum atomic E-state index is 11.4. The number of hydrogen-bond donors (Lipinski definition) is 4. The molecule has 0 saturated carbocycles. The molecule has 4 aromatic rings. The second kappa shape index (κ2) is 33.3. The minimum absolute atomic E-state index is 0. The van der Waals surface area contributed by atoms with Crippen LogP contribution in [-0.4, -0.2) is 43.8 Å². The van der Waals surface area contributed by atoms with Crippen molar-refractivity contribution in [3.05, 3.63) is 105 Å². The molecule has 0 saturated heterocycles. The summed E-state index contributed by atoms with van der Waals surface area (Å²) in [6, 6.07) is 19.5. The fourth-order valence-electron chi connectivity index (χ4n) is 7.72. The predicted octanol–water partition coefficient (Wildman–Crippen LogP) is 13.7. The molecule has 11 heteroatoms. The van der Waals surface area contributed by atoms with Gasteiger partial charge in [-0.3, -0.25) is 9.98 Å². The van der Waals surface area contributed by atoms with Gasteiger partial charge in [0.05, 0.1) is 33.9 Å². The van der Waals surface area contributed by atoms with E-state index in [1.807, 2.05) is 13.8 Å². The first-order valence-corrected chi connectivity index (χ1v) is 24.6. The Balaban J connectivity index is 0.000000593. The third-order valence-corrected chi connectivity index (χ3v) is 11.1. The molecule has 0 aliphatic carbocycles. The standard InChI is InChI=1S/C34H52N2.2C11H14O4.Ni/c1-7-13-19-33(35-31-23-27(15-9-3)21-28(24-31)16-10-4)34(20-14-8-2)36-32-25-29(17-11-5)22-30(26-32)18-12-6;2*1-2-3-4-7-5-6-8(12)10(13)9(7)11(14)15;/h21-26H,7-20H2,1-6H3;2*5-6,12-13H,2-4H2,1H3,(H,14,15);/q;;;+2/p-2. The van der Waals surface area contributed by atoms with E-state index < -0.39 is 34.9 Å². The molecule has 0 radical (unpaired) electrons. The van der Waals surface area contributed by atoms with Crippen LogP contribution in [0, 0.1) is 0 Å². The third kappa shape index (κ3) is 20.7. The van der Waals surface area contributed by atoms with Crippen LogP contribution in [0.5, 0.6) is 23.0 Å². The first-order valence-electron chi connectivity index (χ1n) is 24.6. The number of aromatic carboxylic acids is 2. The smallest absolute Gasteiger partial charge is 0.869 e. The van der Waals surface area contributed by atoms with Crippen molar-refractivity contribution in [3.63, 3.8) is 0 Å². The Labute approximate surface area is 411 Å². The molecule has 0 aliphatic heterocycles. The number of aryl methyl sites for hydroxylation is 6. The number of carbonyl (C=O) groups is 2. The summed E-state index contributed by atoms with van der Waals surface area (Å²) >= 11 is 0. The molecule has 0 fully saturated rings. The number of benzene rings is 4. The number of nitrogens with zero attached hydrogens (tertiary/aromatic N) is 2. The molecule has 0 unspecified atom stereocenters. The van der Waals surface area contributed by atoms with Gasteiger partial charge in [0.1, 0.15) is 11.5 Å². The summed E-state index contributed by atoms with van der Waals surface area (Å²) in [5, 5.41) is 58.7. The van der Waals surface area contributed by atoms with E-state index in [1.54, 1.807) is 0 Å². The Morgan fingerprint density at radius 1 is 0.448 bits per heavy atom. The second-order valence-electron chi connectivity index (χ2n) is 17.1.